The second-order valence-corrected chi connectivity index (χ2v) is 5.15. The van der Waals surface area contributed by atoms with Crippen LogP contribution in [-0.4, -0.2) is 32.2 Å². The molecule has 1 fully saturated rings. The molecule has 0 saturated carbocycles. The van der Waals surface area contributed by atoms with E-state index in [-0.39, 0.29) is 0 Å². The fourth-order valence-electron chi connectivity index (χ4n) is 2.51. The van der Waals surface area contributed by atoms with Crippen molar-refractivity contribution < 1.29 is 13.6 Å². The van der Waals surface area contributed by atoms with Gasteiger partial charge in [0.2, 0.25) is 0 Å². The Kier molecular flexibility index (Phi) is 5.06. The van der Waals surface area contributed by atoms with E-state index >= 15 is 0 Å². The van der Waals surface area contributed by atoms with E-state index in [4.69, 9.17) is 0 Å². The van der Waals surface area contributed by atoms with E-state index in [0.29, 0.717) is 44.5 Å². The molecule has 1 amide bonds. The van der Waals surface area contributed by atoms with Crippen molar-refractivity contribution in [2.75, 3.05) is 26.3 Å². The van der Waals surface area contributed by atoms with Crippen molar-refractivity contribution in [1.29, 1.82) is 0 Å². The smallest absolute Gasteiger partial charge is 0.251 e. The number of hydrogen-bond acceptors (Lipinski definition) is 2. The summed E-state index contributed by atoms with van der Waals surface area (Å²) in [6.07, 6.45) is 1.54. The first-order chi connectivity index (χ1) is 9.64. The molecule has 5 heteroatoms. The molecule has 0 atom stereocenters. The normalized spacial score (nSPS) is 17.7. The molecule has 1 aromatic rings. The van der Waals surface area contributed by atoms with Crippen molar-refractivity contribution in [3.05, 3.63) is 35.4 Å². The first-order valence-electron chi connectivity index (χ1n) is 6.96. The molecule has 0 aliphatic carbocycles. The highest BCUT2D eigenvalue weighted by Gasteiger charge is 2.33. The van der Waals surface area contributed by atoms with Gasteiger partial charge in [-0.25, -0.2) is 8.78 Å². The monoisotopic (exact) mass is 282 g/mol. The highest BCUT2D eigenvalue weighted by molar-refractivity contribution is 5.76. The third kappa shape index (κ3) is 3.76. The number of hydrogen-bond donors (Lipinski definition) is 2. The quantitative estimate of drug-likeness (QED) is 0.865. The SMILES string of the molecule is O=C(CF)NCCc1cccc(C2(F)CCNCC2)c1. The fraction of sp³-hybridized carbons (Fsp3) is 0.533. The standard InChI is InChI=1S/C15H20F2N2O/c16-11-14(20)19-7-4-12-2-1-3-13(10-12)15(17)5-8-18-9-6-15/h1-3,10,18H,4-9,11H2,(H,19,20). The molecule has 0 aromatic heterocycles. The van der Waals surface area contributed by atoms with Gasteiger partial charge in [0.05, 0.1) is 0 Å². The van der Waals surface area contributed by atoms with Crippen molar-refractivity contribution in [2.45, 2.75) is 24.9 Å². The van der Waals surface area contributed by atoms with Gasteiger partial charge in [-0.05, 0) is 43.5 Å². The average molecular weight is 282 g/mol. The van der Waals surface area contributed by atoms with Gasteiger partial charge in [0, 0.05) is 6.54 Å². The van der Waals surface area contributed by atoms with Gasteiger partial charge in [-0.15, -0.1) is 0 Å². The number of piperidine rings is 1. The Morgan fingerprint density at radius 2 is 2.10 bits per heavy atom. The number of amides is 1. The summed E-state index contributed by atoms with van der Waals surface area (Å²) in [7, 11) is 0. The van der Waals surface area contributed by atoms with Crippen LogP contribution in [-0.2, 0) is 16.9 Å². The third-order valence-electron chi connectivity index (χ3n) is 3.70. The summed E-state index contributed by atoms with van der Waals surface area (Å²) in [4.78, 5) is 10.8. The Morgan fingerprint density at radius 1 is 1.35 bits per heavy atom. The number of alkyl halides is 2. The van der Waals surface area contributed by atoms with Crippen molar-refractivity contribution >= 4 is 5.91 Å². The molecule has 1 aromatic carbocycles. The van der Waals surface area contributed by atoms with Crippen molar-refractivity contribution in [3.63, 3.8) is 0 Å². The molecule has 3 nitrogen and oxygen atoms in total. The summed E-state index contributed by atoms with van der Waals surface area (Å²) >= 11 is 0. The summed E-state index contributed by atoms with van der Waals surface area (Å²) in [6, 6.07) is 7.41. The van der Waals surface area contributed by atoms with Gasteiger partial charge in [-0.3, -0.25) is 4.79 Å². The Morgan fingerprint density at radius 3 is 2.80 bits per heavy atom. The van der Waals surface area contributed by atoms with E-state index < -0.39 is 18.3 Å². The van der Waals surface area contributed by atoms with E-state index in [1.807, 2.05) is 24.3 Å². The Balaban J connectivity index is 1.98. The van der Waals surface area contributed by atoms with Crippen molar-refractivity contribution in [3.8, 4) is 0 Å². The van der Waals surface area contributed by atoms with Gasteiger partial charge in [0.15, 0.2) is 6.67 Å². The zero-order valence-electron chi connectivity index (χ0n) is 11.4. The van der Waals surface area contributed by atoms with Crippen LogP contribution in [0.25, 0.3) is 0 Å². The van der Waals surface area contributed by atoms with E-state index in [9.17, 15) is 13.6 Å². The van der Waals surface area contributed by atoms with Crippen molar-refractivity contribution in [2.24, 2.45) is 0 Å². The van der Waals surface area contributed by atoms with Crippen molar-refractivity contribution in [1.82, 2.24) is 10.6 Å². The van der Waals surface area contributed by atoms with Crippen LogP contribution in [0.15, 0.2) is 24.3 Å². The van der Waals surface area contributed by atoms with Crippen LogP contribution in [0.4, 0.5) is 8.78 Å². The molecule has 0 bridgehead atoms. The molecule has 1 aliphatic heterocycles. The molecule has 2 rings (SSSR count). The van der Waals surface area contributed by atoms with Gasteiger partial charge < -0.3 is 10.6 Å². The molecule has 20 heavy (non-hydrogen) atoms. The molecule has 2 N–H and O–H groups in total. The van der Waals surface area contributed by atoms with Crippen LogP contribution in [0.3, 0.4) is 0 Å². The van der Waals surface area contributed by atoms with Gasteiger partial charge >= 0.3 is 0 Å². The first kappa shape index (κ1) is 14.9. The van der Waals surface area contributed by atoms with E-state index in [2.05, 4.69) is 10.6 Å². The molecule has 0 unspecified atom stereocenters. The number of halogens is 2. The number of rotatable bonds is 5. The van der Waals surface area contributed by atoms with Gasteiger partial charge in [-0.1, -0.05) is 24.3 Å². The lowest BCUT2D eigenvalue weighted by Crippen LogP contribution is -2.36. The largest absolute Gasteiger partial charge is 0.353 e. The van der Waals surface area contributed by atoms with Gasteiger partial charge in [0.1, 0.15) is 5.67 Å². The average Bonchev–Trinajstić information content (AvgIpc) is 2.48. The Hall–Kier alpha value is -1.49. The number of carbonyl (C=O) groups is 1. The van der Waals surface area contributed by atoms with E-state index in [0.717, 1.165) is 5.56 Å². The number of carbonyl (C=O) groups excluding carboxylic acids is 1. The maximum atomic E-state index is 14.8. The first-order valence-corrected chi connectivity index (χ1v) is 6.96. The minimum absolute atomic E-state index is 0.368. The highest BCUT2D eigenvalue weighted by Crippen LogP contribution is 2.35. The summed E-state index contributed by atoms with van der Waals surface area (Å²) in [5.41, 5.74) is 0.397. The third-order valence-corrected chi connectivity index (χ3v) is 3.70. The molecular formula is C15H20F2N2O. The predicted octanol–water partition coefficient (Wildman–Crippen LogP) is 1.86. The minimum atomic E-state index is -1.26. The Labute approximate surface area is 117 Å². The fourth-order valence-corrected chi connectivity index (χ4v) is 2.51. The molecule has 0 radical (unpaired) electrons. The van der Waals surface area contributed by atoms with E-state index in [1.165, 1.54) is 0 Å². The molecular weight excluding hydrogens is 262 g/mol. The maximum absolute atomic E-state index is 14.8. The van der Waals surface area contributed by atoms with Gasteiger partial charge in [-0.2, -0.15) is 0 Å². The highest BCUT2D eigenvalue weighted by atomic mass is 19.1. The van der Waals surface area contributed by atoms with E-state index in [1.54, 1.807) is 0 Å². The summed E-state index contributed by atoms with van der Waals surface area (Å²) in [6.45, 7) is 0.744. The van der Waals surface area contributed by atoms with Crippen LogP contribution in [0.1, 0.15) is 24.0 Å². The minimum Gasteiger partial charge on any atom is -0.353 e. The summed E-state index contributed by atoms with van der Waals surface area (Å²) < 4.78 is 26.8. The molecule has 1 saturated heterocycles. The van der Waals surface area contributed by atoms with Crippen LogP contribution < -0.4 is 10.6 Å². The second kappa shape index (κ2) is 6.79. The number of benzene rings is 1. The summed E-state index contributed by atoms with van der Waals surface area (Å²) in [5, 5.41) is 5.63. The lowest BCUT2D eigenvalue weighted by Gasteiger charge is -2.30. The summed E-state index contributed by atoms with van der Waals surface area (Å²) in [5.74, 6) is -0.610. The maximum Gasteiger partial charge on any atom is 0.251 e. The topological polar surface area (TPSA) is 41.1 Å². The van der Waals surface area contributed by atoms with Gasteiger partial charge in [0.25, 0.3) is 5.91 Å². The molecule has 0 spiro atoms. The Bertz CT molecular complexity index is 459. The zero-order valence-corrected chi connectivity index (χ0v) is 11.4. The lowest BCUT2D eigenvalue weighted by atomic mass is 9.86. The van der Waals surface area contributed by atoms with Crippen LogP contribution in [0.5, 0.6) is 0 Å². The molecule has 110 valence electrons. The molecule has 1 aliphatic rings. The molecule has 1 heterocycles. The van der Waals surface area contributed by atoms with Crippen LogP contribution in [0, 0.1) is 0 Å². The number of nitrogens with one attached hydrogen (secondary N) is 2. The van der Waals surface area contributed by atoms with Crippen LogP contribution in [0.2, 0.25) is 0 Å². The second-order valence-electron chi connectivity index (χ2n) is 5.15. The predicted molar refractivity (Wildman–Crippen MR) is 74.0 cm³/mol. The van der Waals surface area contributed by atoms with Crippen LogP contribution >= 0.6 is 0 Å². The lowest BCUT2D eigenvalue weighted by molar-refractivity contribution is -0.121. The zero-order chi connectivity index (χ0) is 14.4.